The molecular weight excluding hydrogens is 429 g/mol. The van der Waals surface area contributed by atoms with Crippen LogP contribution in [0.1, 0.15) is 33.6 Å². The van der Waals surface area contributed by atoms with Crippen LogP contribution in [0.5, 0.6) is 0 Å². The summed E-state index contributed by atoms with van der Waals surface area (Å²) in [5, 5.41) is 5.02. The molecule has 3 aliphatic carbocycles. The van der Waals surface area contributed by atoms with E-state index in [-0.39, 0.29) is 45.5 Å². The summed E-state index contributed by atoms with van der Waals surface area (Å²) < 4.78 is 0. The zero-order chi connectivity index (χ0) is 21.1. The van der Waals surface area contributed by atoms with Gasteiger partial charge in [-0.1, -0.05) is 56.1 Å². The van der Waals surface area contributed by atoms with Crippen LogP contribution in [0.2, 0.25) is 10.0 Å². The molecule has 4 atom stereocenters. The first-order valence-electron chi connectivity index (χ1n) is 9.70. The Balaban J connectivity index is 1.57. The number of benzene rings is 1. The molecule has 1 aliphatic heterocycles. The minimum atomic E-state index is -0.364. The fourth-order valence-electron chi connectivity index (χ4n) is 5.18. The standard InChI is InChI=1S/C21H23Cl2N3O2S/c1-11(2)21-8-6-20(3,7-9-21)15-16(21)18(28)26(17(15)27)25-19(29)24-12-4-5-13(22)14(23)10-12/h4-6,8,10-11,15-16H,7,9H2,1-3H3,(H2,24,25,29). The molecule has 4 unspecified atom stereocenters. The highest BCUT2D eigenvalue weighted by molar-refractivity contribution is 7.80. The van der Waals surface area contributed by atoms with Crippen molar-refractivity contribution < 1.29 is 9.59 Å². The number of fused-ring (bicyclic) bond motifs is 1. The molecule has 8 heteroatoms. The second-order valence-electron chi connectivity index (χ2n) is 8.77. The number of imide groups is 1. The number of rotatable bonds is 3. The highest BCUT2D eigenvalue weighted by Gasteiger charge is 2.67. The van der Waals surface area contributed by atoms with Gasteiger partial charge >= 0.3 is 0 Å². The largest absolute Gasteiger partial charge is 0.331 e. The van der Waals surface area contributed by atoms with Crippen molar-refractivity contribution >= 4 is 58.0 Å². The van der Waals surface area contributed by atoms with E-state index >= 15 is 0 Å². The highest BCUT2D eigenvalue weighted by atomic mass is 35.5. The van der Waals surface area contributed by atoms with Gasteiger partial charge in [-0.2, -0.15) is 5.01 Å². The monoisotopic (exact) mass is 451 g/mol. The lowest BCUT2D eigenvalue weighted by Crippen LogP contribution is -2.53. The van der Waals surface area contributed by atoms with E-state index in [9.17, 15) is 9.59 Å². The molecule has 1 saturated heterocycles. The average molecular weight is 452 g/mol. The maximum Gasteiger partial charge on any atom is 0.253 e. The van der Waals surface area contributed by atoms with Gasteiger partial charge < -0.3 is 5.32 Å². The smallest absolute Gasteiger partial charge is 0.253 e. The van der Waals surface area contributed by atoms with E-state index in [2.05, 4.69) is 43.7 Å². The Morgan fingerprint density at radius 1 is 1.14 bits per heavy atom. The summed E-state index contributed by atoms with van der Waals surface area (Å²) in [6, 6.07) is 4.99. The quantitative estimate of drug-likeness (QED) is 0.392. The van der Waals surface area contributed by atoms with Crippen LogP contribution in [0.25, 0.3) is 0 Å². The topological polar surface area (TPSA) is 61.4 Å². The van der Waals surface area contributed by atoms with E-state index in [0.717, 1.165) is 17.9 Å². The molecular formula is C21H23Cl2N3O2S. The molecule has 0 spiro atoms. The number of hydrogen-bond acceptors (Lipinski definition) is 3. The lowest BCUT2D eigenvalue weighted by Gasteiger charge is -2.55. The Morgan fingerprint density at radius 3 is 2.41 bits per heavy atom. The van der Waals surface area contributed by atoms with Crippen molar-refractivity contribution in [3.8, 4) is 0 Å². The van der Waals surface area contributed by atoms with Crippen LogP contribution in [0, 0.1) is 28.6 Å². The van der Waals surface area contributed by atoms with Crippen LogP contribution < -0.4 is 10.7 Å². The van der Waals surface area contributed by atoms with Crippen LogP contribution in [0.3, 0.4) is 0 Å². The maximum absolute atomic E-state index is 13.4. The van der Waals surface area contributed by atoms with E-state index in [4.69, 9.17) is 35.4 Å². The molecule has 2 bridgehead atoms. The minimum Gasteiger partial charge on any atom is -0.331 e. The fourth-order valence-corrected chi connectivity index (χ4v) is 5.68. The Labute approximate surface area is 185 Å². The van der Waals surface area contributed by atoms with E-state index < -0.39 is 0 Å². The molecule has 5 rings (SSSR count). The van der Waals surface area contributed by atoms with Gasteiger partial charge in [0.15, 0.2) is 5.11 Å². The number of nitrogens with zero attached hydrogens (tertiary/aromatic N) is 1. The van der Waals surface area contributed by atoms with Crippen molar-refractivity contribution in [1.82, 2.24) is 10.4 Å². The number of carbonyl (C=O) groups excluding carboxylic acids is 2. The Bertz CT molecular complexity index is 950. The highest BCUT2D eigenvalue weighted by Crippen LogP contribution is 2.63. The number of hydrogen-bond donors (Lipinski definition) is 2. The first-order valence-corrected chi connectivity index (χ1v) is 10.9. The van der Waals surface area contributed by atoms with Crippen LogP contribution >= 0.6 is 35.4 Å². The summed E-state index contributed by atoms with van der Waals surface area (Å²) in [5.41, 5.74) is 2.83. The van der Waals surface area contributed by atoms with E-state index in [1.807, 2.05) is 0 Å². The van der Waals surface area contributed by atoms with Gasteiger partial charge in [0, 0.05) is 11.1 Å². The average Bonchev–Trinajstić information content (AvgIpc) is 2.92. The van der Waals surface area contributed by atoms with Gasteiger partial charge in [0.05, 0.1) is 21.9 Å². The molecule has 0 aromatic heterocycles. The number of thiocarbonyl (C=S) groups is 1. The summed E-state index contributed by atoms with van der Waals surface area (Å²) in [4.78, 5) is 26.6. The molecule has 5 nitrogen and oxygen atoms in total. The zero-order valence-electron chi connectivity index (χ0n) is 16.5. The van der Waals surface area contributed by atoms with Crippen LogP contribution in [0.4, 0.5) is 5.69 Å². The van der Waals surface area contributed by atoms with Crippen LogP contribution in [-0.2, 0) is 9.59 Å². The predicted octanol–water partition coefficient (Wildman–Crippen LogP) is 4.81. The van der Waals surface area contributed by atoms with Gasteiger partial charge in [-0.15, -0.1) is 0 Å². The van der Waals surface area contributed by atoms with E-state index in [1.54, 1.807) is 18.2 Å². The molecule has 29 heavy (non-hydrogen) atoms. The number of carbonyl (C=O) groups is 2. The number of halogens is 2. The van der Waals surface area contributed by atoms with Crippen LogP contribution in [-0.4, -0.2) is 21.9 Å². The first kappa shape index (κ1) is 20.6. The van der Waals surface area contributed by atoms with Crippen molar-refractivity contribution in [2.75, 3.05) is 5.32 Å². The number of hydrazine groups is 1. The van der Waals surface area contributed by atoms with Gasteiger partial charge in [-0.05, 0) is 54.6 Å². The van der Waals surface area contributed by atoms with Gasteiger partial charge in [-0.25, -0.2) is 0 Å². The number of nitrogens with one attached hydrogen (secondary N) is 2. The van der Waals surface area contributed by atoms with E-state index in [0.29, 0.717) is 15.7 Å². The molecule has 1 aromatic rings. The third-order valence-electron chi connectivity index (χ3n) is 6.93. The van der Waals surface area contributed by atoms with Gasteiger partial charge in [0.2, 0.25) is 0 Å². The van der Waals surface area contributed by atoms with Crippen molar-refractivity contribution in [2.45, 2.75) is 33.6 Å². The fraction of sp³-hybridized carbons (Fsp3) is 0.476. The minimum absolute atomic E-state index is 0.146. The SMILES string of the molecule is CC(C)C12C=CC(C)(CC1)C1C(=O)N(NC(=S)Nc3ccc(Cl)c(Cl)c3)C(=O)C12. The second kappa shape index (κ2) is 6.96. The van der Waals surface area contributed by atoms with Crippen molar-refractivity contribution in [3.63, 3.8) is 0 Å². The molecule has 2 fully saturated rings. The Morgan fingerprint density at radius 2 is 1.83 bits per heavy atom. The molecule has 0 radical (unpaired) electrons. The lowest BCUT2D eigenvalue weighted by atomic mass is 9.46. The lowest BCUT2D eigenvalue weighted by molar-refractivity contribution is -0.142. The zero-order valence-corrected chi connectivity index (χ0v) is 18.8. The van der Waals surface area contributed by atoms with Crippen molar-refractivity contribution in [3.05, 3.63) is 40.4 Å². The first-order chi connectivity index (χ1) is 13.6. The summed E-state index contributed by atoms with van der Waals surface area (Å²) in [6.45, 7) is 6.32. The van der Waals surface area contributed by atoms with Crippen molar-refractivity contribution in [2.24, 2.45) is 28.6 Å². The molecule has 2 amide bonds. The summed E-state index contributed by atoms with van der Waals surface area (Å²) in [6.07, 6.45) is 6.15. The van der Waals surface area contributed by atoms with Crippen LogP contribution in [0.15, 0.2) is 30.4 Å². The molecule has 154 valence electrons. The molecule has 4 aliphatic rings. The van der Waals surface area contributed by atoms with Gasteiger partial charge in [-0.3, -0.25) is 15.0 Å². The number of amides is 2. The van der Waals surface area contributed by atoms with Crippen molar-refractivity contribution in [1.29, 1.82) is 0 Å². The van der Waals surface area contributed by atoms with Gasteiger partial charge in [0.25, 0.3) is 11.8 Å². The third kappa shape index (κ3) is 3.07. The second-order valence-corrected chi connectivity index (χ2v) is 9.99. The number of anilines is 1. The Kier molecular flexibility index (Phi) is 4.95. The number of allylic oxidation sites excluding steroid dienone is 2. The Hall–Kier alpha value is -1.63. The summed E-state index contributed by atoms with van der Waals surface area (Å²) >= 11 is 17.3. The molecule has 1 saturated carbocycles. The molecule has 2 N–H and O–H groups in total. The normalized spacial score (nSPS) is 32.7. The predicted molar refractivity (Wildman–Crippen MR) is 118 cm³/mol. The van der Waals surface area contributed by atoms with E-state index in [1.165, 1.54) is 0 Å². The third-order valence-corrected chi connectivity index (χ3v) is 7.86. The molecule has 1 aromatic carbocycles. The molecule has 1 heterocycles. The van der Waals surface area contributed by atoms with Gasteiger partial charge in [0.1, 0.15) is 0 Å². The summed E-state index contributed by atoms with van der Waals surface area (Å²) in [5.74, 6) is -0.887. The maximum atomic E-state index is 13.4. The summed E-state index contributed by atoms with van der Waals surface area (Å²) in [7, 11) is 0.